The molecule has 3 heteroatoms. The maximum absolute atomic E-state index is 12.4. The summed E-state index contributed by atoms with van der Waals surface area (Å²) in [5, 5.41) is 2.91. The van der Waals surface area contributed by atoms with E-state index in [1.807, 2.05) is 18.2 Å². The second kappa shape index (κ2) is 5.68. The fourth-order valence-corrected chi connectivity index (χ4v) is 2.85. The summed E-state index contributed by atoms with van der Waals surface area (Å²) in [6, 6.07) is 12.2. The third kappa shape index (κ3) is 2.97. The molecule has 3 nitrogen and oxygen atoms in total. The molecule has 21 heavy (non-hydrogen) atoms. The van der Waals surface area contributed by atoms with Gasteiger partial charge in [-0.2, -0.15) is 0 Å². The van der Waals surface area contributed by atoms with E-state index in [-0.39, 0.29) is 11.8 Å². The summed E-state index contributed by atoms with van der Waals surface area (Å²) in [6.07, 6.45) is 3.34. The van der Waals surface area contributed by atoms with Crippen molar-refractivity contribution in [1.82, 2.24) is 4.98 Å². The minimum absolute atomic E-state index is 0.0180. The Morgan fingerprint density at radius 1 is 1.19 bits per heavy atom. The molecule has 1 unspecified atom stereocenters. The monoisotopic (exact) mass is 280 g/mol. The van der Waals surface area contributed by atoms with Gasteiger partial charge in [-0.25, -0.2) is 4.98 Å². The van der Waals surface area contributed by atoms with Gasteiger partial charge in [-0.15, -0.1) is 0 Å². The van der Waals surface area contributed by atoms with Gasteiger partial charge in [-0.3, -0.25) is 4.79 Å². The van der Waals surface area contributed by atoms with Crippen molar-refractivity contribution in [2.45, 2.75) is 32.6 Å². The molecule has 0 saturated carbocycles. The summed E-state index contributed by atoms with van der Waals surface area (Å²) in [5.74, 6) is 1.23. The number of pyridine rings is 1. The molecule has 0 radical (unpaired) electrons. The first kappa shape index (κ1) is 13.8. The van der Waals surface area contributed by atoms with Crippen LogP contribution in [0.3, 0.4) is 0 Å². The summed E-state index contributed by atoms with van der Waals surface area (Å²) < 4.78 is 0. The smallest absolute Gasteiger partial charge is 0.229 e. The van der Waals surface area contributed by atoms with E-state index in [0.717, 1.165) is 12.8 Å². The van der Waals surface area contributed by atoms with Gasteiger partial charge in [0.25, 0.3) is 0 Å². The van der Waals surface area contributed by atoms with E-state index >= 15 is 0 Å². The molecule has 1 atom stereocenters. The van der Waals surface area contributed by atoms with Gasteiger partial charge in [0, 0.05) is 12.1 Å². The Kier molecular flexibility index (Phi) is 3.74. The van der Waals surface area contributed by atoms with E-state index in [1.165, 1.54) is 16.7 Å². The van der Waals surface area contributed by atoms with Crippen molar-refractivity contribution < 1.29 is 4.79 Å². The van der Waals surface area contributed by atoms with Gasteiger partial charge < -0.3 is 5.32 Å². The van der Waals surface area contributed by atoms with Gasteiger partial charge in [0.2, 0.25) is 5.91 Å². The second-order valence-electron chi connectivity index (χ2n) is 5.99. The molecule has 1 aromatic carbocycles. The summed E-state index contributed by atoms with van der Waals surface area (Å²) in [7, 11) is 0. The van der Waals surface area contributed by atoms with Crippen LogP contribution in [-0.4, -0.2) is 10.9 Å². The van der Waals surface area contributed by atoms with Crippen molar-refractivity contribution in [1.29, 1.82) is 0 Å². The molecule has 1 aliphatic carbocycles. The predicted octanol–water partition coefficient (Wildman–Crippen LogP) is 3.56. The molecule has 0 spiro atoms. The van der Waals surface area contributed by atoms with E-state index < -0.39 is 0 Å². The van der Waals surface area contributed by atoms with Crippen LogP contribution >= 0.6 is 0 Å². The highest BCUT2D eigenvalue weighted by Crippen LogP contribution is 2.30. The van der Waals surface area contributed by atoms with E-state index in [0.29, 0.717) is 11.7 Å². The van der Waals surface area contributed by atoms with Crippen LogP contribution in [0.25, 0.3) is 0 Å². The third-order valence-electron chi connectivity index (χ3n) is 4.12. The molecule has 108 valence electrons. The highest BCUT2D eigenvalue weighted by molar-refractivity contribution is 5.92. The fraction of sp³-hybridized carbons (Fsp3) is 0.333. The Labute approximate surface area is 125 Å². The highest BCUT2D eigenvalue weighted by atomic mass is 16.1. The number of benzene rings is 1. The molecular weight excluding hydrogens is 260 g/mol. The first-order chi connectivity index (χ1) is 10.1. The minimum atomic E-state index is 0.0180. The SMILES string of the molecule is CC(C)c1ccc2c(c1)CC(C(=O)Nc1ccccn1)C2. The number of aromatic nitrogens is 1. The summed E-state index contributed by atoms with van der Waals surface area (Å²) in [4.78, 5) is 16.5. The van der Waals surface area contributed by atoms with Gasteiger partial charge in [0.15, 0.2) is 0 Å². The molecule has 1 aliphatic rings. The Morgan fingerprint density at radius 2 is 2.00 bits per heavy atom. The Bertz CT molecular complexity index is 650. The average molecular weight is 280 g/mol. The van der Waals surface area contributed by atoms with Crippen LogP contribution in [0, 0.1) is 5.92 Å². The van der Waals surface area contributed by atoms with Gasteiger partial charge in [-0.05, 0) is 47.6 Å². The number of hydrogen-bond acceptors (Lipinski definition) is 2. The lowest BCUT2D eigenvalue weighted by molar-refractivity contribution is -0.119. The van der Waals surface area contributed by atoms with E-state index in [9.17, 15) is 4.79 Å². The predicted molar refractivity (Wildman–Crippen MR) is 84.3 cm³/mol. The average Bonchev–Trinajstić information content (AvgIpc) is 2.91. The normalized spacial score (nSPS) is 16.8. The number of carbonyl (C=O) groups excluding carboxylic acids is 1. The van der Waals surface area contributed by atoms with Crippen LogP contribution in [0.2, 0.25) is 0 Å². The number of carbonyl (C=O) groups is 1. The fourth-order valence-electron chi connectivity index (χ4n) is 2.85. The maximum atomic E-state index is 12.4. The van der Waals surface area contributed by atoms with E-state index in [4.69, 9.17) is 0 Å². The maximum Gasteiger partial charge on any atom is 0.229 e. The van der Waals surface area contributed by atoms with Crippen LogP contribution in [-0.2, 0) is 17.6 Å². The van der Waals surface area contributed by atoms with Crippen LogP contribution in [0.4, 0.5) is 5.82 Å². The Hall–Kier alpha value is -2.16. The lowest BCUT2D eigenvalue weighted by Crippen LogP contribution is -2.23. The Morgan fingerprint density at radius 3 is 2.71 bits per heavy atom. The number of amides is 1. The first-order valence-corrected chi connectivity index (χ1v) is 7.47. The zero-order valence-corrected chi connectivity index (χ0v) is 12.5. The minimum Gasteiger partial charge on any atom is -0.310 e. The first-order valence-electron chi connectivity index (χ1n) is 7.47. The molecule has 1 amide bonds. The zero-order chi connectivity index (χ0) is 14.8. The number of nitrogens with one attached hydrogen (secondary N) is 1. The third-order valence-corrected chi connectivity index (χ3v) is 4.12. The van der Waals surface area contributed by atoms with E-state index in [2.05, 4.69) is 42.3 Å². The van der Waals surface area contributed by atoms with Crippen molar-refractivity contribution in [3.05, 3.63) is 59.3 Å². The molecule has 0 fully saturated rings. The van der Waals surface area contributed by atoms with Crippen molar-refractivity contribution in [3.8, 4) is 0 Å². The van der Waals surface area contributed by atoms with Crippen LogP contribution in [0.5, 0.6) is 0 Å². The van der Waals surface area contributed by atoms with Gasteiger partial charge in [0.05, 0.1) is 0 Å². The molecule has 1 heterocycles. The largest absolute Gasteiger partial charge is 0.310 e. The van der Waals surface area contributed by atoms with Crippen LogP contribution in [0.15, 0.2) is 42.6 Å². The molecule has 0 saturated heterocycles. The number of fused-ring (bicyclic) bond motifs is 1. The standard InChI is InChI=1S/C18H20N2O/c1-12(2)13-6-7-14-10-16(11-15(14)9-13)18(21)20-17-5-3-4-8-19-17/h3-9,12,16H,10-11H2,1-2H3,(H,19,20,21). The number of rotatable bonds is 3. The number of anilines is 1. The van der Waals surface area contributed by atoms with Crippen molar-refractivity contribution in [2.75, 3.05) is 5.32 Å². The lowest BCUT2D eigenvalue weighted by atomic mass is 9.99. The van der Waals surface area contributed by atoms with Gasteiger partial charge in [-0.1, -0.05) is 38.1 Å². The molecule has 0 aliphatic heterocycles. The highest BCUT2D eigenvalue weighted by Gasteiger charge is 2.27. The van der Waals surface area contributed by atoms with E-state index in [1.54, 1.807) is 6.20 Å². The Balaban J connectivity index is 1.71. The summed E-state index contributed by atoms with van der Waals surface area (Å²) in [6.45, 7) is 4.39. The topological polar surface area (TPSA) is 42.0 Å². The van der Waals surface area contributed by atoms with Crippen molar-refractivity contribution in [2.24, 2.45) is 5.92 Å². The van der Waals surface area contributed by atoms with Crippen molar-refractivity contribution >= 4 is 11.7 Å². The summed E-state index contributed by atoms with van der Waals surface area (Å²) >= 11 is 0. The quantitative estimate of drug-likeness (QED) is 0.934. The van der Waals surface area contributed by atoms with Crippen LogP contribution in [0.1, 0.15) is 36.5 Å². The molecule has 3 rings (SSSR count). The second-order valence-corrected chi connectivity index (χ2v) is 5.99. The number of nitrogens with zero attached hydrogens (tertiary/aromatic N) is 1. The van der Waals surface area contributed by atoms with Gasteiger partial charge in [0.1, 0.15) is 5.82 Å². The molecule has 1 N–H and O–H groups in total. The lowest BCUT2D eigenvalue weighted by Gasteiger charge is -2.09. The van der Waals surface area contributed by atoms with Crippen LogP contribution < -0.4 is 5.32 Å². The summed E-state index contributed by atoms with van der Waals surface area (Å²) in [5.41, 5.74) is 3.97. The zero-order valence-electron chi connectivity index (χ0n) is 12.5. The molecule has 2 aromatic rings. The van der Waals surface area contributed by atoms with Gasteiger partial charge >= 0.3 is 0 Å². The molecular formula is C18H20N2O. The van der Waals surface area contributed by atoms with Crippen molar-refractivity contribution in [3.63, 3.8) is 0 Å². The number of hydrogen-bond donors (Lipinski definition) is 1. The molecule has 1 aromatic heterocycles. The molecule has 0 bridgehead atoms.